The second-order valence-corrected chi connectivity index (χ2v) is 6.59. The normalized spacial score (nSPS) is 13.6. The molecule has 0 aliphatic carbocycles. The molecule has 1 atom stereocenters. The average Bonchev–Trinajstić information content (AvgIpc) is 3.34. The monoisotopic (exact) mass is 363 g/mol. The molecule has 1 aliphatic rings. The molecule has 2 aromatic heterocycles. The quantitative estimate of drug-likeness (QED) is 0.645. The molecule has 4 rings (SSSR count). The molecule has 1 unspecified atom stereocenters. The average molecular weight is 363 g/mol. The first-order chi connectivity index (χ1) is 13.1. The summed E-state index contributed by atoms with van der Waals surface area (Å²) in [4.78, 5) is 15.9. The minimum absolute atomic E-state index is 0.0238. The van der Waals surface area contributed by atoms with Gasteiger partial charge in [-0.25, -0.2) is 4.98 Å². The number of benzene rings is 1. The van der Waals surface area contributed by atoms with Gasteiger partial charge in [-0.1, -0.05) is 12.1 Å². The number of H-pyrrole nitrogens is 1. The third-order valence-electron chi connectivity index (χ3n) is 4.60. The molecule has 0 fully saturated rings. The van der Waals surface area contributed by atoms with E-state index < -0.39 is 0 Å². The lowest BCUT2D eigenvalue weighted by Crippen LogP contribution is -2.11. The van der Waals surface area contributed by atoms with E-state index >= 15 is 0 Å². The molecule has 27 heavy (non-hydrogen) atoms. The van der Waals surface area contributed by atoms with E-state index in [1.165, 1.54) is 6.92 Å². The molecule has 3 heterocycles. The van der Waals surface area contributed by atoms with Crippen molar-refractivity contribution in [3.63, 3.8) is 0 Å². The van der Waals surface area contributed by atoms with E-state index in [2.05, 4.69) is 32.7 Å². The van der Waals surface area contributed by atoms with Crippen LogP contribution < -0.4 is 15.4 Å². The van der Waals surface area contributed by atoms with E-state index in [1.54, 1.807) is 6.20 Å². The summed E-state index contributed by atoms with van der Waals surface area (Å²) in [6.45, 7) is 4.22. The summed E-state index contributed by atoms with van der Waals surface area (Å²) >= 11 is 0. The van der Waals surface area contributed by atoms with E-state index in [1.807, 2.05) is 36.7 Å². The van der Waals surface area contributed by atoms with Gasteiger partial charge in [0.25, 0.3) is 0 Å². The van der Waals surface area contributed by atoms with E-state index in [-0.39, 0.29) is 11.9 Å². The number of aromatic nitrogens is 3. The van der Waals surface area contributed by atoms with Crippen LogP contribution in [-0.2, 0) is 11.2 Å². The van der Waals surface area contributed by atoms with Gasteiger partial charge in [-0.2, -0.15) is 5.10 Å². The summed E-state index contributed by atoms with van der Waals surface area (Å²) in [5.74, 6) is 1.61. The number of fused-ring (bicyclic) bond motifs is 1. The number of anilines is 2. The lowest BCUT2D eigenvalue weighted by atomic mass is 10.0. The Morgan fingerprint density at radius 3 is 3.00 bits per heavy atom. The molecule has 138 valence electrons. The smallest absolute Gasteiger partial charge is 0.221 e. The van der Waals surface area contributed by atoms with E-state index in [0.717, 1.165) is 45.9 Å². The van der Waals surface area contributed by atoms with Crippen LogP contribution in [0, 0.1) is 0 Å². The number of nitrogens with zero attached hydrogens (tertiary/aromatic N) is 2. The molecule has 0 saturated carbocycles. The highest BCUT2D eigenvalue weighted by atomic mass is 16.5. The number of carbonyl (C=O) groups excluding carboxylic acids is 1. The second kappa shape index (κ2) is 7.11. The Balaban J connectivity index is 1.60. The lowest BCUT2D eigenvalue weighted by Gasteiger charge is -2.18. The fraction of sp³-hybridized carbons (Fsp3) is 0.250. The fourth-order valence-electron chi connectivity index (χ4n) is 3.29. The Morgan fingerprint density at radius 2 is 2.22 bits per heavy atom. The number of rotatable bonds is 5. The number of carbonyl (C=O) groups is 1. The highest BCUT2D eigenvalue weighted by Gasteiger charge is 2.23. The number of aromatic amines is 1. The lowest BCUT2D eigenvalue weighted by molar-refractivity contribution is -0.114. The summed E-state index contributed by atoms with van der Waals surface area (Å²) < 4.78 is 5.88. The van der Waals surface area contributed by atoms with Crippen molar-refractivity contribution in [2.45, 2.75) is 26.3 Å². The van der Waals surface area contributed by atoms with Crippen LogP contribution in [0.2, 0.25) is 0 Å². The van der Waals surface area contributed by atoms with Crippen molar-refractivity contribution in [2.24, 2.45) is 0 Å². The Morgan fingerprint density at radius 1 is 1.33 bits per heavy atom. The minimum Gasteiger partial charge on any atom is -0.492 e. The number of pyridine rings is 1. The maximum atomic E-state index is 11.3. The summed E-state index contributed by atoms with van der Waals surface area (Å²) in [5, 5.41) is 13.1. The van der Waals surface area contributed by atoms with Gasteiger partial charge in [-0.15, -0.1) is 0 Å². The Bertz CT molecular complexity index is 969. The molecule has 0 bridgehead atoms. The van der Waals surface area contributed by atoms with Gasteiger partial charge in [0, 0.05) is 48.1 Å². The van der Waals surface area contributed by atoms with Crippen LogP contribution in [0.25, 0.3) is 11.1 Å². The predicted molar refractivity (Wildman–Crippen MR) is 104 cm³/mol. The number of amides is 1. The van der Waals surface area contributed by atoms with Gasteiger partial charge >= 0.3 is 0 Å². The molecule has 0 spiro atoms. The molecule has 3 aromatic rings. The third-order valence-corrected chi connectivity index (χ3v) is 4.60. The molecular formula is C20H21N5O2. The molecular weight excluding hydrogens is 342 g/mol. The highest BCUT2D eigenvalue weighted by molar-refractivity contribution is 5.88. The van der Waals surface area contributed by atoms with Crippen LogP contribution >= 0.6 is 0 Å². The summed E-state index contributed by atoms with van der Waals surface area (Å²) in [5.41, 5.74) is 4.84. The molecule has 7 nitrogen and oxygen atoms in total. The van der Waals surface area contributed by atoms with Crippen molar-refractivity contribution >= 4 is 17.4 Å². The molecule has 1 aliphatic heterocycles. The third kappa shape index (κ3) is 3.48. The molecule has 1 aromatic carbocycles. The van der Waals surface area contributed by atoms with Crippen molar-refractivity contribution < 1.29 is 9.53 Å². The second-order valence-electron chi connectivity index (χ2n) is 6.59. The summed E-state index contributed by atoms with van der Waals surface area (Å²) in [6.07, 6.45) is 6.23. The van der Waals surface area contributed by atoms with Crippen molar-refractivity contribution in [1.82, 2.24) is 15.2 Å². The maximum Gasteiger partial charge on any atom is 0.221 e. The number of ether oxygens (including phenoxy) is 1. The number of hydrogen-bond acceptors (Lipinski definition) is 5. The number of nitrogens with one attached hydrogen (secondary N) is 3. The predicted octanol–water partition coefficient (Wildman–Crippen LogP) is 3.54. The first-order valence-electron chi connectivity index (χ1n) is 8.89. The fourth-order valence-corrected chi connectivity index (χ4v) is 3.29. The van der Waals surface area contributed by atoms with Gasteiger partial charge in [0.1, 0.15) is 11.6 Å². The molecule has 0 radical (unpaired) electrons. The Kier molecular flexibility index (Phi) is 4.50. The molecule has 0 saturated heterocycles. The highest BCUT2D eigenvalue weighted by Crippen LogP contribution is 2.40. The van der Waals surface area contributed by atoms with E-state index in [4.69, 9.17) is 4.74 Å². The Labute approximate surface area is 157 Å². The minimum atomic E-state index is -0.0840. The summed E-state index contributed by atoms with van der Waals surface area (Å²) in [7, 11) is 0. The molecule has 1 amide bonds. The van der Waals surface area contributed by atoms with Gasteiger partial charge < -0.3 is 15.4 Å². The van der Waals surface area contributed by atoms with Crippen molar-refractivity contribution in [1.29, 1.82) is 0 Å². The molecule has 3 N–H and O–H groups in total. The topological polar surface area (TPSA) is 91.9 Å². The SMILES string of the molecule is CC(=O)Nc1cccc(C(C)Nc2ncc(-c3cn[nH]c3)c3c2CCO3)c1. The van der Waals surface area contributed by atoms with Crippen LogP contribution in [0.1, 0.15) is 31.0 Å². The van der Waals surface area contributed by atoms with Crippen LogP contribution in [-0.4, -0.2) is 27.7 Å². The zero-order chi connectivity index (χ0) is 18.8. The number of hydrogen-bond donors (Lipinski definition) is 3. The maximum absolute atomic E-state index is 11.3. The van der Waals surface area contributed by atoms with E-state index in [0.29, 0.717) is 6.61 Å². The van der Waals surface area contributed by atoms with Gasteiger partial charge in [0.15, 0.2) is 0 Å². The zero-order valence-electron chi connectivity index (χ0n) is 15.2. The largest absolute Gasteiger partial charge is 0.492 e. The van der Waals surface area contributed by atoms with Crippen LogP contribution in [0.3, 0.4) is 0 Å². The van der Waals surface area contributed by atoms with Crippen LogP contribution in [0.5, 0.6) is 5.75 Å². The van der Waals surface area contributed by atoms with Gasteiger partial charge in [-0.05, 0) is 24.6 Å². The first kappa shape index (κ1) is 17.1. The zero-order valence-corrected chi connectivity index (χ0v) is 15.2. The first-order valence-corrected chi connectivity index (χ1v) is 8.89. The van der Waals surface area contributed by atoms with Gasteiger partial charge in [0.2, 0.25) is 5.91 Å². The standard InChI is InChI=1S/C20H21N5O2/c1-12(14-4-3-5-16(8-14)25-13(2)26)24-20-17-6-7-27-19(17)18(11-21-20)15-9-22-23-10-15/h3-5,8-12H,6-7H2,1-2H3,(H,21,24)(H,22,23)(H,25,26). The molecule has 7 heteroatoms. The summed E-state index contributed by atoms with van der Waals surface area (Å²) in [6, 6.07) is 7.83. The van der Waals surface area contributed by atoms with Crippen LogP contribution in [0.15, 0.2) is 42.9 Å². The Hall–Kier alpha value is -3.35. The van der Waals surface area contributed by atoms with E-state index in [9.17, 15) is 4.79 Å². The van der Waals surface area contributed by atoms with Crippen molar-refractivity contribution in [3.8, 4) is 16.9 Å². The van der Waals surface area contributed by atoms with Crippen molar-refractivity contribution in [3.05, 3.63) is 54.0 Å². The van der Waals surface area contributed by atoms with Gasteiger partial charge in [0.05, 0.1) is 18.8 Å². The van der Waals surface area contributed by atoms with Crippen molar-refractivity contribution in [2.75, 3.05) is 17.2 Å². The van der Waals surface area contributed by atoms with Gasteiger partial charge in [-0.3, -0.25) is 9.89 Å². The van der Waals surface area contributed by atoms with Crippen LogP contribution in [0.4, 0.5) is 11.5 Å².